The Bertz CT molecular complexity index is 729. The van der Waals surface area contributed by atoms with E-state index < -0.39 is 0 Å². The Morgan fingerprint density at radius 1 is 1.18 bits per heavy atom. The third-order valence-electron chi connectivity index (χ3n) is 3.94. The highest BCUT2D eigenvalue weighted by atomic mass is 16.5. The van der Waals surface area contributed by atoms with Gasteiger partial charge in [-0.3, -0.25) is 0 Å². The molecule has 0 amide bonds. The monoisotopic (exact) mass is 295 g/mol. The summed E-state index contributed by atoms with van der Waals surface area (Å²) in [6.45, 7) is 2.20. The van der Waals surface area contributed by atoms with Crippen molar-refractivity contribution in [3.63, 3.8) is 0 Å². The fourth-order valence-electron chi connectivity index (χ4n) is 2.74. The second-order valence-electron chi connectivity index (χ2n) is 5.51. The molecule has 1 aliphatic rings. The molecule has 0 aliphatic carbocycles. The minimum Gasteiger partial charge on any atom is -0.472 e. The zero-order valence-corrected chi connectivity index (χ0v) is 12.2. The van der Waals surface area contributed by atoms with Crippen LogP contribution in [0.3, 0.4) is 0 Å². The summed E-state index contributed by atoms with van der Waals surface area (Å²) < 4.78 is 12.6. The molecule has 22 heavy (non-hydrogen) atoms. The highest BCUT2D eigenvalue weighted by Gasteiger charge is 2.24. The number of furan rings is 1. The van der Waals surface area contributed by atoms with Crippen LogP contribution < -0.4 is 0 Å². The maximum atomic E-state index is 5.46. The van der Waals surface area contributed by atoms with E-state index in [0.29, 0.717) is 19.1 Å². The lowest BCUT2D eigenvalue weighted by molar-refractivity contribution is 0.193. The minimum absolute atomic E-state index is 0.294. The molecule has 112 valence electrons. The molecular formula is C17H17N3O2. The molecule has 0 spiro atoms. The van der Waals surface area contributed by atoms with Crippen LogP contribution in [0.5, 0.6) is 0 Å². The predicted molar refractivity (Wildman–Crippen MR) is 81.4 cm³/mol. The molecule has 0 N–H and O–H groups in total. The fraction of sp³-hybridized carbons (Fsp3) is 0.294. The Labute approximate surface area is 128 Å². The van der Waals surface area contributed by atoms with Crippen LogP contribution in [-0.2, 0) is 11.3 Å². The van der Waals surface area contributed by atoms with Crippen LogP contribution in [-0.4, -0.2) is 28.0 Å². The SMILES string of the molecule is c1ccc(Cn2nc(C3CCOC3)nc2-c2ccoc2)cc1. The first-order valence-electron chi connectivity index (χ1n) is 7.49. The van der Waals surface area contributed by atoms with E-state index in [-0.39, 0.29) is 0 Å². The lowest BCUT2D eigenvalue weighted by Crippen LogP contribution is -2.05. The zero-order chi connectivity index (χ0) is 14.8. The second kappa shape index (κ2) is 5.77. The summed E-state index contributed by atoms with van der Waals surface area (Å²) in [6, 6.07) is 12.2. The lowest BCUT2D eigenvalue weighted by atomic mass is 10.1. The molecule has 0 radical (unpaired) electrons. The third kappa shape index (κ3) is 2.55. The number of hydrogen-bond acceptors (Lipinski definition) is 4. The van der Waals surface area contributed by atoms with Gasteiger partial charge < -0.3 is 9.15 Å². The summed E-state index contributed by atoms with van der Waals surface area (Å²) in [5, 5.41) is 4.73. The molecule has 0 bridgehead atoms. The zero-order valence-electron chi connectivity index (χ0n) is 12.2. The summed E-state index contributed by atoms with van der Waals surface area (Å²) in [4.78, 5) is 4.74. The van der Waals surface area contributed by atoms with Gasteiger partial charge in [0.15, 0.2) is 11.6 Å². The van der Waals surface area contributed by atoms with E-state index in [2.05, 4.69) is 12.1 Å². The van der Waals surface area contributed by atoms with Crippen LogP contribution in [0.2, 0.25) is 0 Å². The fourth-order valence-corrected chi connectivity index (χ4v) is 2.74. The maximum absolute atomic E-state index is 5.46. The summed E-state index contributed by atoms with van der Waals surface area (Å²) in [7, 11) is 0. The van der Waals surface area contributed by atoms with Crippen molar-refractivity contribution in [2.24, 2.45) is 0 Å². The van der Waals surface area contributed by atoms with Crippen molar-refractivity contribution in [2.75, 3.05) is 13.2 Å². The van der Waals surface area contributed by atoms with Crippen molar-refractivity contribution < 1.29 is 9.15 Å². The third-order valence-corrected chi connectivity index (χ3v) is 3.94. The number of nitrogens with zero attached hydrogens (tertiary/aromatic N) is 3. The average molecular weight is 295 g/mol. The van der Waals surface area contributed by atoms with Gasteiger partial charge in [-0.25, -0.2) is 9.67 Å². The van der Waals surface area contributed by atoms with E-state index in [1.807, 2.05) is 28.9 Å². The summed E-state index contributed by atoms with van der Waals surface area (Å²) in [6.07, 6.45) is 4.36. The molecule has 1 atom stereocenters. The molecule has 1 fully saturated rings. The number of hydrogen-bond donors (Lipinski definition) is 0. The molecule has 2 aromatic heterocycles. The maximum Gasteiger partial charge on any atom is 0.161 e. The van der Waals surface area contributed by atoms with Crippen LogP contribution in [0.1, 0.15) is 23.7 Å². The number of aromatic nitrogens is 3. The lowest BCUT2D eigenvalue weighted by Gasteiger charge is -2.04. The normalized spacial score (nSPS) is 17.9. The van der Waals surface area contributed by atoms with Gasteiger partial charge in [-0.2, -0.15) is 5.10 Å². The second-order valence-corrected chi connectivity index (χ2v) is 5.51. The molecule has 3 aromatic rings. The standard InChI is InChI=1S/C17H17N3O2/c1-2-4-13(5-3-1)10-20-17(15-7-9-22-12-15)18-16(19-20)14-6-8-21-11-14/h1-5,7,9,12,14H,6,8,10-11H2. The van der Waals surface area contributed by atoms with Gasteiger partial charge in [0, 0.05) is 12.5 Å². The van der Waals surface area contributed by atoms with Crippen LogP contribution >= 0.6 is 0 Å². The molecule has 1 saturated heterocycles. The molecule has 3 heterocycles. The first-order valence-corrected chi connectivity index (χ1v) is 7.49. The van der Waals surface area contributed by atoms with E-state index in [1.54, 1.807) is 12.5 Å². The van der Waals surface area contributed by atoms with Crippen LogP contribution in [0, 0.1) is 0 Å². The Balaban J connectivity index is 1.71. The van der Waals surface area contributed by atoms with Gasteiger partial charge in [0.25, 0.3) is 0 Å². The summed E-state index contributed by atoms with van der Waals surface area (Å²) in [5.74, 6) is 2.01. The largest absolute Gasteiger partial charge is 0.472 e. The summed E-state index contributed by atoms with van der Waals surface area (Å²) in [5.41, 5.74) is 2.15. The first kappa shape index (κ1) is 13.3. The van der Waals surface area contributed by atoms with Gasteiger partial charge in [-0.05, 0) is 18.1 Å². The number of ether oxygens (including phenoxy) is 1. The first-order chi connectivity index (χ1) is 10.9. The van der Waals surface area contributed by atoms with Gasteiger partial charge >= 0.3 is 0 Å². The van der Waals surface area contributed by atoms with Gasteiger partial charge in [-0.15, -0.1) is 0 Å². The molecule has 1 aliphatic heterocycles. The Kier molecular flexibility index (Phi) is 3.48. The van der Waals surface area contributed by atoms with Crippen molar-refractivity contribution in [1.82, 2.24) is 14.8 Å². The molecule has 0 saturated carbocycles. The number of rotatable bonds is 4. The Hall–Kier alpha value is -2.40. The Morgan fingerprint density at radius 3 is 2.82 bits per heavy atom. The molecule has 5 nitrogen and oxygen atoms in total. The topological polar surface area (TPSA) is 53.1 Å². The van der Waals surface area contributed by atoms with Crippen molar-refractivity contribution in [3.05, 3.63) is 60.3 Å². The van der Waals surface area contributed by atoms with Gasteiger partial charge in [0.1, 0.15) is 6.26 Å². The quantitative estimate of drug-likeness (QED) is 0.742. The van der Waals surface area contributed by atoms with Gasteiger partial charge in [-0.1, -0.05) is 30.3 Å². The average Bonchev–Trinajstić information content (AvgIpc) is 3.29. The van der Waals surface area contributed by atoms with Crippen molar-refractivity contribution in [2.45, 2.75) is 18.9 Å². The summed E-state index contributed by atoms with van der Waals surface area (Å²) >= 11 is 0. The van der Waals surface area contributed by atoms with E-state index in [1.165, 1.54) is 5.56 Å². The van der Waals surface area contributed by atoms with Crippen molar-refractivity contribution in [3.8, 4) is 11.4 Å². The van der Waals surface area contributed by atoms with Crippen molar-refractivity contribution in [1.29, 1.82) is 0 Å². The van der Waals surface area contributed by atoms with E-state index in [4.69, 9.17) is 19.2 Å². The van der Waals surface area contributed by atoms with Crippen molar-refractivity contribution >= 4 is 0 Å². The smallest absolute Gasteiger partial charge is 0.161 e. The molecule has 5 heteroatoms. The predicted octanol–water partition coefficient (Wildman–Crippen LogP) is 3.09. The Morgan fingerprint density at radius 2 is 2.09 bits per heavy atom. The molecule has 1 aromatic carbocycles. The number of benzene rings is 1. The highest BCUT2D eigenvalue weighted by molar-refractivity contribution is 5.53. The molecule has 1 unspecified atom stereocenters. The van der Waals surface area contributed by atoms with Crippen LogP contribution in [0.15, 0.2) is 53.3 Å². The van der Waals surface area contributed by atoms with Gasteiger partial charge in [0.2, 0.25) is 0 Å². The van der Waals surface area contributed by atoms with E-state index >= 15 is 0 Å². The highest BCUT2D eigenvalue weighted by Crippen LogP contribution is 2.26. The van der Waals surface area contributed by atoms with E-state index in [9.17, 15) is 0 Å². The van der Waals surface area contributed by atoms with Gasteiger partial charge in [0.05, 0.1) is 25.0 Å². The van der Waals surface area contributed by atoms with Crippen LogP contribution in [0.25, 0.3) is 11.4 Å². The minimum atomic E-state index is 0.294. The van der Waals surface area contributed by atoms with Crippen LogP contribution in [0.4, 0.5) is 0 Å². The molecule has 4 rings (SSSR count). The van der Waals surface area contributed by atoms with E-state index in [0.717, 1.165) is 30.2 Å². The molecular weight excluding hydrogens is 278 g/mol.